The number of benzene rings is 1. The average Bonchev–Trinajstić information content (AvgIpc) is 2.96. The van der Waals surface area contributed by atoms with Crippen LogP contribution in [0.4, 0.5) is 0 Å². The summed E-state index contributed by atoms with van der Waals surface area (Å²) in [6, 6.07) is 9.83. The zero-order valence-corrected chi connectivity index (χ0v) is 12.1. The maximum atomic E-state index is 8.45. The largest absolute Gasteiger partial charge is 0.497 e. The molecule has 0 bridgehead atoms. The highest BCUT2D eigenvalue weighted by atomic mass is 32.2. The number of nitrogens with one attached hydrogen (secondary N) is 1. The summed E-state index contributed by atoms with van der Waals surface area (Å²) in [6.07, 6.45) is 2.55. The molecule has 2 aromatic rings. The van der Waals surface area contributed by atoms with Gasteiger partial charge in [0.2, 0.25) is 5.16 Å². The van der Waals surface area contributed by atoms with Crippen LogP contribution in [0.1, 0.15) is 19.3 Å². The predicted octanol–water partition coefficient (Wildman–Crippen LogP) is 3.27. The Hall–Kier alpha value is -2.00. The maximum absolute atomic E-state index is 8.45. The van der Waals surface area contributed by atoms with Crippen molar-refractivity contribution in [2.75, 3.05) is 12.9 Å². The maximum Gasteiger partial charge on any atom is 0.208 e. The number of H-pyrrole nitrogens is 1. The van der Waals surface area contributed by atoms with Gasteiger partial charge in [0.05, 0.1) is 13.2 Å². The lowest BCUT2D eigenvalue weighted by atomic mass is 10.2. The molecule has 6 heteroatoms. The van der Waals surface area contributed by atoms with E-state index in [0.29, 0.717) is 6.42 Å². The minimum atomic E-state index is 0.617. The van der Waals surface area contributed by atoms with Gasteiger partial charge in [-0.3, -0.25) is 5.10 Å². The van der Waals surface area contributed by atoms with E-state index in [-0.39, 0.29) is 0 Å². The topological polar surface area (TPSA) is 74.6 Å². The van der Waals surface area contributed by atoms with Crippen LogP contribution in [0.25, 0.3) is 11.4 Å². The summed E-state index contributed by atoms with van der Waals surface area (Å²) < 4.78 is 5.12. The molecule has 1 heterocycles. The summed E-state index contributed by atoms with van der Waals surface area (Å²) in [6.45, 7) is 0. The molecule has 0 aliphatic rings. The van der Waals surface area contributed by atoms with Crippen molar-refractivity contribution in [2.24, 2.45) is 0 Å². The van der Waals surface area contributed by atoms with Gasteiger partial charge in [-0.05, 0) is 37.1 Å². The third-order valence-electron chi connectivity index (χ3n) is 2.74. The number of nitriles is 1. The van der Waals surface area contributed by atoms with Gasteiger partial charge >= 0.3 is 0 Å². The first-order valence-corrected chi connectivity index (χ1v) is 7.38. The van der Waals surface area contributed by atoms with Crippen molar-refractivity contribution in [2.45, 2.75) is 24.4 Å². The van der Waals surface area contributed by atoms with Crippen LogP contribution >= 0.6 is 11.8 Å². The zero-order valence-electron chi connectivity index (χ0n) is 11.3. The number of hydrogen-bond acceptors (Lipinski definition) is 5. The SMILES string of the molecule is COc1ccc(-c2nc(SCCCCC#N)n[nH]2)cc1. The van der Waals surface area contributed by atoms with Crippen LogP contribution in [0.15, 0.2) is 29.4 Å². The van der Waals surface area contributed by atoms with Crippen LogP contribution in [0, 0.1) is 11.3 Å². The Bertz CT molecular complexity index is 574. The van der Waals surface area contributed by atoms with Gasteiger partial charge in [0.25, 0.3) is 0 Å². The Morgan fingerprint density at radius 2 is 2.10 bits per heavy atom. The van der Waals surface area contributed by atoms with E-state index in [1.807, 2.05) is 24.3 Å². The standard InChI is InChI=1S/C14H16N4OS/c1-19-12-7-5-11(6-8-12)13-16-14(18-17-13)20-10-4-2-3-9-15/h5-8H,2-4,10H2,1H3,(H,16,17,18). The molecule has 1 aromatic heterocycles. The van der Waals surface area contributed by atoms with E-state index < -0.39 is 0 Å². The Labute approximate surface area is 122 Å². The molecule has 0 unspecified atom stereocenters. The van der Waals surface area contributed by atoms with Crippen molar-refractivity contribution in [3.8, 4) is 23.2 Å². The van der Waals surface area contributed by atoms with Crippen molar-refractivity contribution in [1.82, 2.24) is 15.2 Å². The third kappa shape index (κ3) is 4.00. The summed E-state index contributed by atoms with van der Waals surface area (Å²) in [7, 11) is 1.64. The highest BCUT2D eigenvalue weighted by molar-refractivity contribution is 7.99. The second-order valence-corrected chi connectivity index (χ2v) is 5.22. The Morgan fingerprint density at radius 3 is 2.80 bits per heavy atom. The van der Waals surface area contributed by atoms with Gasteiger partial charge in [0.15, 0.2) is 5.82 Å². The molecule has 5 nitrogen and oxygen atoms in total. The van der Waals surface area contributed by atoms with E-state index in [0.717, 1.165) is 40.9 Å². The molecule has 0 saturated heterocycles. The van der Waals surface area contributed by atoms with Crippen molar-refractivity contribution < 1.29 is 4.74 Å². The minimum Gasteiger partial charge on any atom is -0.497 e. The summed E-state index contributed by atoms with van der Waals surface area (Å²) in [5, 5.41) is 16.3. The number of nitrogens with zero attached hydrogens (tertiary/aromatic N) is 3. The Balaban J connectivity index is 1.89. The molecule has 20 heavy (non-hydrogen) atoms. The average molecular weight is 288 g/mol. The first-order valence-electron chi connectivity index (χ1n) is 6.40. The number of unbranched alkanes of at least 4 members (excludes halogenated alkanes) is 2. The third-order valence-corrected chi connectivity index (χ3v) is 3.68. The fraction of sp³-hybridized carbons (Fsp3) is 0.357. The molecule has 0 radical (unpaired) electrons. The number of aromatic amines is 1. The van der Waals surface area contributed by atoms with Crippen LogP contribution in [0.3, 0.4) is 0 Å². The Kier molecular flexibility index (Phi) is 5.44. The van der Waals surface area contributed by atoms with Gasteiger partial charge in [-0.25, -0.2) is 4.98 Å². The van der Waals surface area contributed by atoms with E-state index >= 15 is 0 Å². The molecule has 1 N–H and O–H groups in total. The van der Waals surface area contributed by atoms with Crippen LogP contribution in [0.5, 0.6) is 5.75 Å². The fourth-order valence-corrected chi connectivity index (χ4v) is 2.46. The second-order valence-electron chi connectivity index (χ2n) is 4.16. The number of aromatic nitrogens is 3. The lowest BCUT2D eigenvalue weighted by molar-refractivity contribution is 0.415. The van der Waals surface area contributed by atoms with Gasteiger partial charge in [-0.1, -0.05) is 11.8 Å². The normalized spacial score (nSPS) is 10.2. The number of ether oxygens (including phenoxy) is 1. The smallest absolute Gasteiger partial charge is 0.208 e. The molecule has 104 valence electrons. The second kappa shape index (κ2) is 7.56. The highest BCUT2D eigenvalue weighted by Crippen LogP contribution is 2.22. The van der Waals surface area contributed by atoms with Crippen molar-refractivity contribution in [3.63, 3.8) is 0 Å². The molecule has 0 amide bonds. The molecular formula is C14H16N4OS. The van der Waals surface area contributed by atoms with E-state index in [1.165, 1.54) is 0 Å². The summed E-state index contributed by atoms with van der Waals surface area (Å²) in [5.41, 5.74) is 0.981. The number of rotatable bonds is 7. The molecule has 0 aliphatic carbocycles. The number of thioether (sulfide) groups is 1. The fourth-order valence-electron chi connectivity index (χ4n) is 1.66. The zero-order chi connectivity index (χ0) is 14.2. The number of methoxy groups -OCH3 is 1. The number of hydrogen-bond donors (Lipinski definition) is 1. The van der Waals surface area contributed by atoms with E-state index in [4.69, 9.17) is 10.00 Å². The van der Waals surface area contributed by atoms with Crippen LogP contribution in [-0.4, -0.2) is 28.0 Å². The van der Waals surface area contributed by atoms with Crippen molar-refractivity contribution in [3.05, 3.63) is 24.3 Å². The lowest BCUT2D eigenvalue weighted by Gasteiger charge is -1.99. The molecule has 0 saturated carbocycles. The summed E-state index contributed by atoms with van der Waals surface area (Å²) >= 11 is 1.61. The van der Waals surface area contributed by atoms with Gasteiger partial charge in [0.1, 0.15) is 5.75 Å². The Morgan fingerprint density at radius 1 is 1.30 bits per heavy atom. The van der Waals surface area contributed by atoms with Crippen molar-refractivity contribution in [1.29, 1.82) is 5.26 Å². The molecule has 0 fully saturated rings. The lowest BCUT2D eigenvalue weighted by Crippen LogP contribution is -1.84. The first kappa shape index (κ1) is 14.4. The highest BCUT2D eigenvalue weighted by Gasteiger charge is 2.06. The van der Waals surface area contributed by atoms with Gasteiger partial charge in [0, 0.05) is 17.7 Å². The summed E-state index contributed by atoms with van der Waals surface area (Å²) in [4.78, 5) is 4.44. The molecule has 0 aliphatic heterocycles. The molecule has 0 atom stereocenters. The summed E-state index contributed by atoms with van der Waals surface area (Å²) in [5.74, 6) is 2.51. The van der Waals surface area contributed by atoms with Crippen molar-refractivity contribution >= 4 is 11.8 Å². The molecular weight excluding hydrogens is 272 g/mol. The monoisotopic (exact) mass is 288 g/mol. The molecule has 0 spiro atoms. The van der Waals surface area contributed by atoms with Gasteiger partial charge in [-0.15, -0.1) is 5.10 Å². The van der Waals surface area contributed by atoms with Gasteiger partial charge in [-0.2, -0.15) is 5.26 Å². The van der Waals surface area contributed by atoms with Gasteiger partial charge < -0.3 is 4.74 Å². The van der Waals surface area contributed by atoms with Crippen LogP contribution in [-0.2, 0) is 0 Å². The van der Waals surface area contributed by atoms with E-state index in [9.17, 15) is 0 Å². The van der Waals surface area contributed by atoms with E-state index in [1.54, 1.807) is 18.9 Å². The quantitative estimate of drug-likeness (QED) is 0.625. The van der Waals surface area contributed by atoms with E-state index in [2.05, 4.69) is 21.3 Å². The van der Waals surface area contributed by atoms with Crippen LogP contribution < -0.4 is 4.74 Å². The van der Waals surface area contributed by atoms with Crippen LogP contribution in [0.2, 0.25) is 0 Å². The molecule has 2 rings (SSSR count). The molecule has 1 aromatic carbocycles. The minimum absolute atomic E-state index is 0.617. The predicted molar refractivity (Wildman–Crippen MR) is 78.6 cm³/mol. The first-order chi connectivity index (χ1) is 9.83.